The van der Waals surface area contributed by atoms with Crippen LogP contribution in [-0.4, -0.2) is 45.8 Å². The summed E-state index contributed by atoms with van der Waals surface area (Å²) >= 11 is 3.21. The number of hydrogen-bond donors (Lipinski definition) is 1. The SMILES string of the molecule is O=C(NC1CCN(C(=O)Cc2csc(-c3ccsc3)n2)CC1)c1cccnc1. The van der Waals surface area contributed by atoms with E-state index < -0.39 is 0 Å². The fourth-order valence-corrected chi connectivity index (χ4v) is 4.74. The highest BCUT2D eigenvalue weighted by Crippen LogP contribution is 2.26. The van der Waals surface area contributed by atoms with Crippen LogP contribution in [0.15, 0.2) is 46.7 Å². The topological polar surface area (TPSA) is 75.2 Å². The van der Waals surface area contributed by atoms with Gasteiger partial charge in [-0.3, -0.25) is 14.6 Å². The van der Waals surface area contributed by atoms with E-state index in [9.17, 15) is 9.59 Å². The fourth-order valence-electron chi connectivity index (χ4n) is 3.21. The Balaban J connectivity index is 1.27. The van der Waals surface area contributed by atoms with Crippen molar-refractivity contribution in [3.8, 4) is 10.6 Å². The number of rotatable bonds is 5. The van der Waals surface area contributed by atoms with Gasteiger partial charge in [0.25, 0.3) is 5.91 Å². The summed E-state index contributed by atoms with van der Waals surface area (Å²) in [6, 6.07) is 5.62. The van der Waals surface area contributed by atoms with Crippen LogP contribution in [-0.2, 0) is 11.2 Å². The summed E-state index contributed by atoms with van der Waals surface area (Å²) < 4.78 is 0. The smallest absolute Gasteiger partial charge is 0.253 e. The molecule has 0 aliphatic carbocycles. The fraction of sp³-hybridized carbons (Fsp3) is 0.300. The normalized spacial score (nSPS) is 14.8. The highest BCUT2D eigenvalue weighted by atomic mass is 32.1. The van der Waals surface area contributed by atoms with Gasteiger partial charge in [-0.15, -0.1) is 11.3 Å². The lowest BCUT2D eigenvalue weighted by Gasteiger charge is -2.32. The van der Waals surface area contributed by atoms with E-state index in [4.69, 9.17) is 0 Å². The maximum absolute atomic E-state index is 12.6. The standard InChI is InChI=1S/C20H20N4O2S2/c25-18(10-17-13-28-20(23-17)15-5-9-27-12-15)24-7-3-16(4-8-24)22-19(26)14-2-1-6-21-11-14/h1-2,5-6,9,11-13,16H,3-4,7-8,10H2,(H,22,26). The zero-order valence-electron chi connectivity index (χ0n) is 15.2. The quantitative estimate of drug-likeness (QED) is 0.698. The minimum atomic E-state index is -0.110. The highest BCUT2D eigenvalue weighted by Gasteiger charge is 2.24. The van der Waals surface area contributed by atoms with Crippen molar-refractivity contribution in [3.63, 3.8) is 0 Å². The third-order valence-corrected chi connectivity index (χ3v) is 6.38. The van der Waals surface area contributed by atoms with Gasteiger partial charge in [0.2, 0.25) is 5.91 Å². The molecule has 8 heteroatoms. The molecule has 144 valence electrons. The summed E-state index contributed by atoms with van der Waals surface area (Å²) in [6.45, 7) is 1.30. The first-order valence-electron chi connectivity index (χ1n) is 9.14. The number of pyridine rings is 1. The molecule has 4 rings (SSSR count). The summed E-state index contributed by atoms with van der Waals surface area (Å²) in [7, 11) is 0. The first-order valence-corrected chi connectivity index (χ1v) is 11.0. The van der Waals surface area contributed by atoms with Crippen molar-refractivity contribution in [1.29, 1.82) is 0 Å². The van der Waals surface area contributed by atoms with Crippen LogP contribution in [0.4, 0.5) is 0 Å². The number of carbonyl (C=O) groups excluding carboxylic acids is 2. The van der Waals surface area contributed by atoms with Gasteiger partial charge in [0, 0.05) is 47.8 Å². The second-order valence-corrected chi connectivity index (χ2v) is 8.34. The van der Waals surface area contributed by atoms with Crippen molar-refractivity contribution in [3.05, 3.63) is 58.0 Å². The molecule has 0 saturated carbocycles. The Labute approximate surface area is 171 Å². The van der Waals surface area contributed by atoms with Gasteiger partial charge in [0.1, 0.15) is 5.01 Å². The van der Waals surface area contributed by atoms with Crippen LogP contribution in [0.25, 0.3) is 10.6 Å². The van der Waals surface area contributed by atoms with Crippen LogP contribution in [0.2, 0.25) is 0 Å². The van der Waals surface area contributed by atoms with Crippen LogP contribution in [0.1, 0.15) is 28.9 Å². The summed E-state index contributed by atoms with van der Waals surface area (Å²) in [5.74, 6) is -0.0134. The number of piperidine rings is 1. The number of carbonyl (C=O) groups is 2. The number of thiazole rings is 1. The first kappa shape index (κ1) is 18.8. The summed E-state index contributed by atoms with van der Waals surface area (Å²) in [5, 5.41) is 10.1. The van der Waals surface area contributed by atoms with E-state index in [1.807, 2.05) is 21.7 Å². The van der Waals surface area contributed by atoms with Gasteiger partial charge in [-0.2, -0.15) is 11.3 Å². The molecule has 0 spiro atoms. The highest BCUT2D eigenvalue weighted by molar-refractivity contribution is 7.14. The molecule has 0 radical (unpaired) electrons. The van der Waals surface area contributed by atoms with Crippen molar-refractivity contribution >= 4 is 34.5 Å². The minimum absolute atomic E-state index is 0.0845. The van der Waals surface area contributed by atoms with E-state index in [-0.39, 0.29) is 17.9 Å². The van der Waals surface area contributed by atoms with Crippen LogP contribution < -0.4 is 5.32 Å². The van der Waals surface area contributed by atoms with E-state index in [0.29, 0.717) is 25.1 Å². The molecule has 2 amide bonds. The molecule has 1 aliphatic heterocycles. The molecule has 3 aromatic heterocycles. The largest absolute Gasteiger partial charge is 0.349 e. The van der Waals surface area contributed by atoms with Gasteiger partial charge >= 0.3 is 0 Å². The molecule has 3 aromatic rings. The Morgan fingerprint density at radius 3 is 2.79 bits per heavy atom. The van der Waals surface area contributed by atoms with Crippen molar-refractivity contribution in [2.24, 2.45) is 0 Å². The van der Waals surface area contributed by atoms with E-state index in [2.05, 4.69) is 20.7 Å². The molecule has 1 saturated heterocycles. The predicted octanol–water partition coefficient (Wildman–Crippen LogP) is 3.23. The van der Waals surface area contributed by atoms with Gasteiger partial charge in [-0.05, 0) is 36.4 Å². The minimum Gasteiger partial charge on any atom is -0.349 e. The Hall–Kier alpha value is -2.58. The number of thiophene rings is 1. The molecule has 1 N–H and O–H groups in total. The summed E-state index contributed by atoms with van der Waals surface area (Å²) in [4.78, 5) is 35.3. The maximum Gasteiger partial charge on any atom is 0.253 e. The van der Waals surface area contributed by atoms with Gasteiger partial charge < -0.3 is 10.2 Å². The Morgan fingerprint density at radius 2 is 2.07 bits per heavy atom. The van der Waals surface area contributed by atoms with Crippen molar-refractivity contribution < 1.29 is 9.59 Å². The average Bonchev–Trinajstić information content (AvgIpc) is 3.41. The molecule has 0 atom stereocenters. The lowest BCUT2D eigenvalue weighted by Crippen LogP contribution is -2.47. The van der Waals surface area contributed by atoms with Crippen molar-refractivity contribution in [2.75, 3.05) is 13.1 Å². The van der Waals surface area contributed by atoms with Gasteiger partial charge in [-0.25, -0.2) is 4.98 Å². The van der Waals surface area contributed by atoms with Crippen LogP contribution in [0, 0.1) is 0 Å². The van der Waals surface area contributed by atoms with Gasteiger partial charge in [0.15, 0.2) is 0 Å². The second kappa shape index (κ2) is 8.62. The molecule has 6 nitrogen and oxygen atoms in total. The van der Waals surface area contributed by atoms with E-state index in [0.717, 1.165) is 29.1 Å². The number of hydrogen-bond acceptors (Lipinski definition) is 6. The Morgan fingerprint density at radius 1 is 1.21 bits per heavy atom. The zero-order valence-corrected chi connectivity index (χ0v) is 16.8. The number of nitrogens with zero attached hydrogens (tertiary/aromatic N) is 3. The second-order valence-electron chi connectivity index (χ2n) is 6.70. The first-order chi connectivity index (χ1) is 13.7. The summed E-state index contributed by atoms with van der Waals surface area (Å²) in [6.07, 6.45) is 5.05. The molecule has 1 aliphatic rings. The van der Waals surface area contributed by atoms with Crippen LogP contribution >= 0.6 is 22.7 Å². The molecule has 0 unspecified atom stereocenters. The van der Waals surface area contributed by atoms with E-state index >= 15 is 0 Å². The molecule has 1 fully saturated rings. The van der Waals surface area contributed by atoms with Gasteiger partial charge in [0.05, 0.1) is 17.7 Å². The number of aromatic nitrogens is 2. The lowest BCUT2D eigenvalue weighted by molar-refractivity contribution is -0.131. The van der Waals surface area contributed by atoms with E-state index in [1.165, 1.54) is 0 Å². The average molecular weight is 413 g/mol. The summed E-state index contributed by atoms with van der Waals surface area (Å²) in [5.41, 5.74) is 2.49. The molecule has 28 heavy (non-hydrogen) atoms. The predicted molar refractivity (Wildman–Crippen MR) is 110 cm³/mol. The maximum atomic E-state index is 12.6. The van der Waals surface area contributed by atoms with E-state index in [1.54, 1.807) is 47.2 Å². The Kier molecular flexibility index (Phi) is 5.78. The van der Waals surface area contributed by atoms with Gasteiger partial charge in [-0.1, -0.05) is 0 Å². The van der Waals surface area contributed by atoms with Crippen molar-refractivity contribution in [1.82, 2.24) is 20.2 Å². The van der Waals surface area contributed by atoms with Crippen molar-refractivity contribution in [2.45, 2.75) is 25.3 Å². The molecular weight excluding hydrogens is 392 g/mol. The molecular formula is C20H20N4O2S2. The molecule has 4 heterocycles. The van der Waals surface area contributed by atoms with Crippen LogP contribution in [0.5, 0.6) is 0 Å². The zero-order chi connectivity index (χ0) is 19.3. The van der Waals surface area contributed by atoms with Crippen LogP contribution in [0.3, 0.4) is 0 Å². The number of nitrogens with one attached hydrogen (secondary N) is 1. The molecule has 0 aromatic carbocycles. The third kappa shape index (κ3) is 4.45. The number of amides is 2. The lowest BCUT2D eigenvalue weighted by atomic mass is 10.0. The molecule has 0 bridgehead atoms. The monoisotopic (exact) mass is 412 g/mol. The third-order valence-electron chi connectivity index (χ3n) is 4.76. The number of likely N-dealkylation sites (tertiary alicyclic amines) is 1. The Bertz CT molecular complexity index is 932.